The molecule has 0 aromatic carbocycles. The monoisotopic (exact) mass is 812 g/mol. The van der Waals surface area contributed by atoms with Crippen molar-refractivity contribution < 1.29 is 37.1 Å². The van der Waals surface area contributed by atoms with E-state index in [-0.39, 0.29) is 38.2 Å². The molecule has 0 aliphatic carbocycles. The molecule has 0 bridgehead atoms. The van der Waals surface area contributed by atoms with Crippen LogP contribution < -0.4 is 0 Å². The molecule has 2 unspecified atom stereocenters. The number of likely N-dealkylation sites (N-methyl/N-ethyl adjacent to an activating group) is 1. The first-order valence-electron chi connectivity index (χ1n) is 23.7. The molecular formula is C46H88N2O7P+. The third-order valence-electron chi connectivity index (χ3n) is 11.2. The topological polar surface area (TPSA) is 104 Å². The van der Waals surface area contributed by atoms with Crippen LogP contribution in [0.5, 0.6) is 0 Å². The first-order chi connectivity index (χ1) is 27.4. The van der Waals surface area contributed by atoms with E-state index in [0.717, 1.165) is 62.6 Å². The van der Waals surface area contributed by atoms with Gasteiger partial charge in [-0.2, -0.15) is 5.26 Å². The predicted octanol–water partition coefficient (Wildman–Crippen LogP) is 13.2. The number of ether oxygens (including phenoxy) is 2. The van der Waals surface area contributed by atoms with E-state index in [1.165, 1.54) is 148 Å². The average Bonchev–Trinajstić information content (AvgIpc) is 3.19. The minimum absolute atomic E-state index is 0.000740. The van der Waals surface area contributed by atoms with E-state index < -0.39 is 14.7 Å². The van der Waals surface area contributed by atoms with Gasteiger partial charge in [-0.15, -0.1) is 0 Å². The smallest absolute Gasteiger partial charge is 0.333 e. The molecule has 1 fully saturated rings. The van der Waals surface area contributed by atoms with Gasteiger partial charge < -0.3 is 27.5 Å². The summed E-state index contributed by atoms with van der Waals surface area (Å²) >= 11 is 0. The van der Waals surface area contributed by atoms with Gasteiger partial charge in [0.05, 0.1) is 45.8 Å². The maximum atomic E-state index is 12.9. The Hall–Kier alpha value is -1.30. The summed E-state index contributed by atoms with van der Waals surface area (Å²) in [6, 6.07) is 2.10. The molecule has 0 spiro atoms. The fraction of sp³-hybridized carbons (Fsp3) is 0.935. The Morgan fingerprint density at radius 2 is 1.00 bits per heavy atom. The van der Waals surface area contributed by atoms with Crippen LogP contribution in [-0.4, -0.2) is 75.6 Å². The van der Waals surface area contributed by atoms with Crippen molar-refractivity contribution in [3.05, 3.63) is 0 Å². The number of nitrogens with zero attached hydrogens (tertiary/aromatic N) is 2. The summed E-state index contributed by atoms with van der Waals surface area (Å²) in [4.78, 5) is 25.6. The molecule has 328 valence electrons. The fourth-order valence-corrected chi connectivity index (χ4v) is 8.43. The number of hydrogen-bond acceptors (Lipinski definition) is 8. The zero-order chi connectivity index (χ0) is 40.6. The highest BCUT2D eigenvalue weighted by molar-refractivity contribution is 7.41. The van der Waals surface area contributed by atoms with E-state index in [2.05, 4.69) is 27.0 Å². The van der Waals surface area contributed by atoms with E-state index >= 15 is 0 Å². The number of unbranched alkanes of at least 4 members (excludes halogenated alkanes) is 24. The molecule has 9 nitrogen and oxygen atoms in total. The fourth-order valence-electron chi connectivity index (χ4n) is 7.45. The van der Waals surface area contributed by atoms with E-state index in [1.54, 1.807) is 0 Å². The molecule has 56 heavy (non-hydrogen) atoms. The third-order valence-corrected chi connectivity index (χ3v) is 12.3. The number of carbonyl (C=O) groups excluding carboxylic acids is 2. The molecule has 1 rings (SSSR count). The molecule has 1 aliphatic rings. The molecule has 1 saturated heterocycles. The number of carbonyl (C=O) groups is 2. The van der Waals surface area contributed by atoms with Crippen LogP contribution in [-0.2, 0) is 32.6 Å². The van der Waals surface area contributed by atoms with Crippen LogP contribution in [0.25, 0.3) is 0 Å². The maximum absolute atomic E-state index is 12.9. The third kappa shape index (κ3) is 33.6. The number of esters is 2. The van der Waals surface area contributed by atoms with Crippen molar-refractivity contribution in [2.45, 2.75) is 225 Å². The summed E-state index contributed by atoms with van der Waals surface area (Å²) in [5.74, 6) is -0.569. The lowest BCUT2D eigenvalue weighted by atomic mass is 10.0. The largest absolute Gasteiger partial charge is 0.462 e. The molecule has 10 heteroatoms. The molecule has 0 saturated carbocycles. The van der Waals surface area contributed by atoms with Crippen molar-refractivity contribution in [3.8, 4) is 6.07 Å². The highest BCUT2D eigenvalue weighted by Crippen LogP contribution is 2.40. The van der Waals surface area contributed by atoms with Gasteiger partial charge in [0.25, 0.3) is 0 Å². The number of likely N-dealkylation sites (tertiary alicyclic amines) is 1. The molecule has 0 radical (unpaired) electrons. The molecule has 0 amide bonds. The van der Waals surface area contributed by atoms with Crippen LogP contribution in [0.2, 0.25) is 0 Å². The van der Waals surface area contributed by atoms with Gasteiger partial charge in [0.1, 0.15) is 19.8 Å². The minimum atomic E-state index is -1.75. The summed E-state index contributed by atoms with van der Waals surface area (Å²) < 4.78 is 30.3. The van der Waals surface area contributed by atoms with Gasteiger partial charge in [-0.1, -0.05) is 168 Å². The Labute approximate surface area is 346 Å². The molecule has 0 N–H and O–H groups in total. The highest BCUT2D eigenvalue weighted by atomic mass is 31.2. The zero-order valence-corrected chi connectivity index (χ0v) is 37.7. The van der Waals surface area contributed by atoms with Crippen LogP contribution >= 0.6 is 8.60 Å². The lowest BCUT2D eigenvalue weighted by Gasteiger charge is -2.37. The lowest BCUT2D eigenvalue weighted by molar-refractivity contribution is -0.914. The SMILES string of the molecule is CCCCCCCCCCCCCCCC(=O)OCC(COP(OCCC#N)OCC[N+]1(C)CCCCC1)OC(=O)CCCCCCCCCCCCCCC. The number of hydrogen-bond donors (Lipinski definition) is 0. The molecule has 2 atom stereocenters. The Kier molecular flexibility index (Phi) is 36.9. The summed E-state index contributed by atoms with van der Waals surface area (Å²) in [6.07, 6.45) is 36.4. The summed E-state index contributed by atoms with van der Waals surface area (Å²) in [7, 11) is 0.515. The quantitative estimate of drug-likeness (QED) is 0.0260. The second-order valence-corrected chi connectivity index (χ2v) is 17.9. The zero-order valence-electron chi connectivity index (χ0n) is 36.9. The van der Waals surface area contributed by atoms with Gasteiger partial charge in [-0.25, -0.2) is 0 Å². The molecular weight excluding hydrogens is 723 g/mol. The van der Waals surface area contributed by atoms with Crippen LogP contribution in [0.4, 0.5) is 0 Å². The van der Waals surface area contributed by atoms with Crippen molar-refractivity contribution in [3.63, 3.8) is 0 Å². The normalized spacial score (nSPS) is 15.0. The van der Waals surface area contributed by atoms with Crippen LogP contribution in [0.15, 0.2) is 0 Å². The number of piperidine rings is 1. The number of quaternary nitrogens is 1. The van der Waals surface area contributed by atoms with Gasteiger partial charge in [-0.3, -0.25) is 9.59 Å². The minimum Gasteiger partial charge on any atom is -0.462 e. The lowest BCUT2D eigenvalue weighted by Crippen LogP contribution is -2.49. The second-order valence-electron chi connectivity index (χ2n) is 16.7. The molecule has 0 aromatic heterocycles. The predicted molar refractivity (Wildman–Crippen MR) is 231 cm³/mol. The molecule has 0 aromatic rings. The Morgan fingerprint density at radius 1 is 0.571 bits per heavy atom. The summed E-state index contributed by atoms with van der Waals surface area (Å²) in [5.41, 5.74) is 0. The van der Waals surface area contributed by atoms with Crippen molar-refractivity contribution in [1.29, 1.82) is 5.26 Å². The van der Waals surface area contributed by atoms with Crippen molar-refractivity contribution in [2.24, 2.45) is 0 Å². The summed E-state index contributed by atoms with van der Waals surface area (Å²) in [5, 5.41) is 9.05. The van der Waals surface area contributed by atoms with Crippen LogP contribution in [0, 0.1) is 11.3 Å². The van der Waals surface area contributed by atoms with Crippen molar-refractivity contribution in [1.82, 2.24) is 0 Å². The van der Waals surface area contributed by atoms with E-state index in [9.17, 15) is 9.59 Å². The average molecular weight is 812 g/mol. The van der Waals surface area contributed by atoms with Gasteiger partial charge in [0.15, 0.2) is 6.10 Å². The van der Waals surface area contributed by atoms with E-state index in [0.29, 0.717) is 19.4 Å². The van der Waals surface area contributed by atoms with E-state index in [1.807, 2.05) is 0 Å². The number of nitriles is 1. The summed E-state index contributed by atoms with van der Waals surface area (Å²) in [6.45, 7) is 8.28. The standard InChI is InChI=1S/C46H88N2O7P/c1-4-6-8-10-12-14-16-18-20-22-24-26-29-34-45(49)51-42-44(55-46(50)35-30-27-25-23-21-19-17-15-13-11-9-7-5-2)43-54-56(52-40-33-36-47)53-41-39-48(3)37-31-28-32-38-48/h44H,4-35,37-43H2,1-3H3/q+1. The first-order valence-corrected chi connectivity index (χ1v) is 24.8. The van der Waals surface area contributed by atoms with Gasteiger partial charge >= 0.3 is 20.5 Å². The van der Waals surface area contributed by atoms with Gasteiger partial charge in [0, 0.05) is 12.8 Å². The van der Waals surface area contributed by atoms with Gasteiger partial charge in [-0.05, 0) is 32.1 Å². The van der Waals surface area contributed by atoms with Gasteiger partial charge in [0.2, 0.25) is 0 Å². The van der Waals surface area contributed by atoms with E-state index in [4.69, 9.17) is 28.3 Å². The van der Waals surface area contributed by atoms with Crippen molar-refractivity contribution >= 4 is 20.5 Å². The van der Waals surface area contributed by atoms with Crippen LogP contribution in [0.1, 0.15) is 219 Å². The Balaban J connectivity index is 2.46. The van der Waals surface area contributed by atoms with Crippen molar-refractivity contribution in [2.75, 3.05) is 53.1 Å². The Morgan fingerprint density at radius 3 is 1.46 bits per heavy atom. The first kappa shape index (κ1) is 52.7. The van der Waals surface area contributed by atoms with Crippen LogP contribution in [0.3, 0.4) is 0 Å². The second kappa shape index (κ2) is 39.2. The molecule has 1 aliphatic heterocycles. The Bertz CT molecular complexity index is 943. The maximum Gasteiger partial charge on any atom is 0.333 e. The number of rotatable bonds is 41. The highest BCUT2D eigenvalue weighted by Gasteiger charge is 2.26. The molecule has 1 heterocycles.